The van der Waals surface area contributed by atoms with E-state index < -0.39 is 0 Å². The maximum absolute atomic E-state index is 13.6. The van der Waals surface area contributed by atoms with Crippen LogP contribution in [0, 0.1) is 11.8 Å². The molecule has 2 amide bonds. The molecule has 2 heterocycles. The predicted octanol–water partition coefficient (Wildman–Crippen LogP) is 4.69. The fourth-order valence-electron chi connectivity index (χ4n) is 5.05. The first kappa shape index (κ1) is 22.6. The SMILES string of the molecule is O=C(Nc1cc2ccccc2cc1C(=O)N1CCC(C(=O)c2ccc3c(c2)OCCO3)CC1)C1CC1. The Morgan fingerprint density at radius 3 is 2.19 bits per heavy atom. The molecule has 7 heteroatoms. The zero-order valence-electron chi connectivity index (χ0n) is 20.0. The van der Waals surface area contributed by atoms with Crippen molar-refractivity contribution < 1.29 is 23.9 Å². The molecular formula is C29H28N2O5. The van der Waals surface area contributed by atoms with Crippen molar-refractivity contribution in [1.29, 1.82) is 0 Å². The number of hydrogen-bond donors (Lipinski definition) is 1. The molecule has 3 aromatic carbocycles. The quantitative estimate of drug-likeness (QED) is 0.531. The lowest BCUT2D eigenvalue weighted by atomic mass is 9.88. The number of nitrogens with zero attached hydrogens (tertiary/aromatic N) is 1. The molecular weight excluding hydrogens is 456 g/mol. The summed E-state index contributed by atoms with van der Waals surface area (Å²) in [5.74, 6) is 1.10. The molecule has 1 aliphatic carbocycles. The third-order valence-corrected chi connectivity index (χ3v) is 7.30. The molecule has 1 N–H and O–H groups in total. The highest BCUT2D eigenvalue weighted by Gasteiger charge is 2.32. The first-order valence-corrected chi connectivity index (χ1v) is 12.6. The Balaban J connectivity index is 1.18. The van der Waals surface area contributed by atoms with Gasteiger partial charge in [0.25, 0.3) is 5.91 Å². The summed E-state index contributed by atoms with van der Waals surface area (Å²) in [4.78, 5) is 41.1. The summed E-state index contributed by atoms with van der Waals surface area (Å²) in [5, 5.41) is 4.92. The maximum atomic E-state index is 13.6. The smallest absolute Gasteiger partial charge is 0.255 e. The highest BCUT2D eigenvalue weighted by atomic mass is 16.6. The fourth-order valence-corrected chi connectivity index (χ4v) is 5.05. The Kier molecular flexibility index (Phi) is 5.83. The van der Waals surface area contributed by atoms with Crippen molar-refractivity contribution >= 4 is 34.1 Å². The van der Waals surface area contributed by atoms with E-state index in [4.69, 9.17) is 9.47 Å². The molecule has 0 aromatic heterocycles. The average molecular weight is 485 g/mol. The number of hydrogen-bond acceptors (Lipinski definition) is 5. The first-order chi connectivity index (χ1) is 17.6. The number of ether oxygens (including phenoxy) is 2. The average Bonchev–Trinajstić information content (AvgIpc) is 3.78. The van der Waals surface area contributed by atoms with Gasteiger partial charge in [0, 0.05) is 30.5 Å². The number of amides is 2. The van der Waals surface area contributed by atoms with E-state index in [0.29, 0.717) is 67.5 Å². The van der Waals surface area contributed by atoms with Crippen LogP contribution in [0.1, 0.15) is 46.4 Å². The minimum Gasteiger partial charge on any atom is -0.486 e. The van der Waals surface area contributed by atoms with E-state index in [2.05, 4.69) is 5.32 Å². The third kappa shape index (κ3) is 4.41. The molecule has 36 heavy (non-hydrogen) atoms. The first-order valence-electron chi connectivity index (χ1n) is 12.6. The van der Waals surface area contributed by atoms with Gasteiger partial charge in [-0.3, -0.25) is 14.4 Å². The van der Waals surface area contributed by atoms with Crippen LogP contribution in [0.5, 0.6) is 11.5 Å². The summed E-state index contributed by atoms with van der Waals surface area (Å²) in [5.41, 5.74) is 1.67. The van der Waals surface area contributed by atoms with Gasteiger partial charge in [-0.1, -0.05) is 24.3 Å². The second-order valence-corrected chi connectivity index (χ2v) is 9.80. The molecule has 2 aliphatic heterocycles. The van der Waals surface area contributed by atoms with Gasteiger partial charge in [-0.15, -0.1) is 0 Å². The number of carbonyl (C=O) groups is 3. The largest absolute Gasteiger partial charge is 0.486 e. The number of nitrogens with one attached hydrogen (secondary N) is 1. The molecule has 3 aliphatic rings. The Morgan fingerprint density at radius 2 is 1.47 bits per heavy atom. The lowest BCUT2D eigenvalue weighted by Crippen LogP contribution is -2.40. The number of piperidine rings is 1. The van der Waals surface area contributed by atoms with Gasteiger partial charge in [-0.2, -0.15) is 0 Å². The molecule has 2 fully saturated rings. The van der Waals surface area contributed by atoms with E-state index in [1.807, 2.05) is 36.4 Å². The van der Waals surface area contributed by atoms with Crippen LogP contribution in [0.4, 0.5) is 5.69 Å². The Bertz CT molecular complexity index is 1360. The zero-order valence-corrected chi connectivity index (χ0v) is 20.0. The maximum Gasteiger partial charge on any atom is 0.255 e. The zero-order chi connectivity index (χ0) is 24.6. The minimum atomic E-state index is -0.151. The Labute approximate surface area is 209 Å². The van der Waals surface area contributed by atoms with Crippen molar-refractivity contribution in [3.05, 3.63) is 65.7 Å². The predicted molar refractivity (Wildman–Crippen MR) is 136 cm³/mol. The second-order valence-electron chi connectivity index (χ2n) is 9.80. The molecule has 0 radical (unpaired) electrons. The number of rotatable bonds is 5. The number of fused-ring (bicyclic) bond motifs is 2. The van der Waals surface area contributed by atoms with Crippen molar-refractivity contribution in [2.24, 2.45) is 11.8 Å². The van der Waals surface area contributed by atoms with Crippen LogP contribution in [0.2, 0.25) is 0 Å². The molecule has 0 unspecified atom stereocenters. The lowest BCUT2D eigenvalue weighted by Gasteiger charge is -2.32. The lowest BCUT2D eigenvalue weighted by molar-refractivity contribution is -0.117. The van der Waals surface area contributed by atoms with Gasteiger partial charge in [0.15, 0.2) is 17.3 Å². The van der Waals surface area contributed by atoms with Crippen LogP contribution in [0.15, 0.2) is 54.6 Å². The molecule has 0 bridgehead atoms. The highest BCUT2D eigenvalue weighted by Crippen LogP contribution is 2.34. The van der Waals surface area contributed by atoms with Crippen LogP contribution in [-0.2, 0) is 4.79 Å². The van der Waals surface area contributed by atoms with Crippen molar-refractivity contribution in [2.75, 3.05) is 31.6 Å². The molecule has 1 saturated carbocycles. The molecule has 7 nitrogen and oxygen atoms in total. The van der Waals surface area contributed by atoms with Crippen LogP contribution in [0.25, 0.3) is 10.8 Å². The van der Waals surface area contributed by atoms with Gasteiger partial charge in [-0.25, -0.2) is 0 Å². The monoisotopic (exact) mass is 484 g/mol. The third-order valence-electron chi connectivity index (χ3n) is 7.30. The summed E-state index contributed by atoms with van der Waals surface area (Å²) in [6.07, 6.45) is 2.98. The minimum absolute atomic E-state index is 0.0249. The highest BCUT2D eigenvalue weighted by molar-refractivity contribution is 6.08. The molecule has 3 aromatic rings. The van der Waals surface area contributed by atoms with Crippen LogP contribution >= 0.6 is 0 Å². The summed E-state index contributed by atoms with van der Waals surface area (Å²) in [6.45, 7) is 1.96. The number of likely N-dealkylation sites (tertiary alicyclic amines) is 1. The second kappa shape index (κ2) is 9.30. The van der Waals surface area contributed by atoms with E-state index in [1.54, 1.807) is 23.1 Å². The topological polar surface area (TPSA) is 84.9 Å². The van der Waals surface area contributed by atoms with Gasteiger partial charge >= 0.3 is 0 Å². The number of ketones is 1. The number of anilines is 1. The van der Waals surface area contributed by atoms with Gasteiger partial charge in [-0.05, 0) is 66.8 Å². The number of carbonyl (C=O) groups excluding carboxylic acids is 3. The van der Waals surface area contributed by atoms with Crippen LogP contribution in [0.3, 0.4) is 0 Å². The van der Waals surface area contributed by atoms with E-state index in [0.717, 1.165) is 23.6 Å². The molecule has 184 valence electrons. The van der Waals surface area contributed by atoms with Crippen molar-refractivity contribution in [3.63, 3.8) is 0 Å². The van der Waals surface area contributed by atoms with Crippen LogP contribution < -0.4 is 14.8 Å². The van der Waals surface area contributed by atoms with Crippen molar-refractivity contribution in [1.82, 2.24) is 4.90 Å². The standard InChI is InChI=1S/C29H28N2O5/c32-27(22-7-8-25-26(17-22)36-14-13-35-25)18-9-11-31(12-10-18)29(34)23-15-20-3-1-2-4-21(20)16-24(23)30-28(33)19-5-6-19/h1-4,7-8,15-19H,5-6,9-14H2,(H,30,33). The van der Waals surface area contributed by atoms with E-state index in [-0.39, 0.29) is 29.4 Å². The van der Waals surface area contributed by atoms with Gasteiger partial charge in [0.1, 0.15) is 13.2 Å². The number of Topliss-reactive ketones (excluding diaryl/α,β-unsaturated/α-hetero) is 1. The summed E-state index contributed by atoms with van der Waals surface area (Å²) < 4.78 is 11.2. The molecule has 0 spiro atoms. The van der Waals surface area contributed by atoms with Gasteiger partial charge < -0.3 is 19.7 Å². The summed E-state index contributed by atoms with van der Waals surface area (Å²) >= 11 is 0. The molecule has 6 rings (SSSR count). The van der Waals surface area contributed by atoms with Crippen LogP contribution in [-0.4, -0.2) is 48.8 Å². The van der Waals surface area contributed by atoms with Crippen molar-refractivity contribution in [2.45, 2.75) is 25.7 Å². The summed E-state index contributed by atoms with van der Waals surface area (Å²) in [7, 11) is 0. The van der Waals surface area contributed by atoms with E-state index >= 15 is 0 Å². The van der Waals surface area contributed by atoms with E-state index in [1.165, 1.54) is 0 Å². The normalized spacial score (nSPS) is 17.6. The molecule has 0 atom stereocenters. The fraction of sp³-hybridized carbons (Fsp3) is 0.345. The Hall–Kier alpha value is -3.87. The van der Waals surface area contributed by atoms with E-state index in [9.17, 15) is 14.4 Å². The number of benzene rings is 3. The Morgan fingerprint density at radius 1 is 0.778 bits per heavy atom. The van der Waals surface area contributed by atoms with Crippen molar-refractivity contribution in [3.8, 4) is 11.5 Å². The van der Waals surface area contributed by atoms with Gasteiger partial charge in [0.2, 0.25) is 5.91 Å². The molecule has 1 saturated heterocycles. The van der Waals surface area contributed by atoms with Gasteiger partial charge in [0.05, 0.1) is 11.3 Å². The summed E-state index contributed by atoms with van der Waals surface area (Å²) in [6, 6.07) is 16.9.